The Morgan fingerprint density at radius 3 is 2.72 bits per heavy atom. The van der Waals surface area contributed by atoms with E-state index < -0.39 is 0 Å². The Labute approximate surface area is 190 Å². The molecule has 0 bridgehead atoms. The topological polar surface area (TPSA) is 68.0 Å². The number of aromatic nitrogens is 1. The third kappa shape index (κ3) is 5.70. The van der Waals surface area contributed by atoms with E-state index in [1.165, 1.54) is 19.3 Å². The van der Waals surface area contributed by atoms with Gasteiger partial charge in [0.05, 0.1) is 5.56 Å². The quantitative estimate of drug-likeness (QED) is 0.617. The molecule has 1 aromatic carbocycles. The van der Waals surface area contributed by atoms with Crippen molar-refractivity contribution in [2.45, 2.75) is 58.6 Å². The van der Waals surface area contributed by atoms with Crippen molar-refractivity contribution >= 4 is 5.91 Å². The van der Waals surface area contributed by atoms with Crippen LogP contribution in [0.15, 0.2) is 28.8 Å². The zero-order chi connectivity index (χ0) is 22.3. The summed E-state index contributed by atoms with van der Waals surface area (Å²) in [5, 5.41) is 4.16. The Kier molecular flexibility index (Phi) is 7.81. The van der Waals surface area contributed by atoms with Crippen LogP contribution in [-0.4, -0.2) is 66.3 Å². The minimum absolute atomic E-state index is 0.0615. The van der Waals surface area contributed by atoms with Gasteiger partial charge in [0.25, 0.3) is 5.91 Å². The normalized spacial score (nSPS) is 17.9. The first kappa shape index (κ1) is 22.8. The number of hydrogen-bond acceptors (Lipinski definition) is 6. The van der Waals surface area contributed by atoms with Crippen LogP contribution in [0.25, 0.3) is 0 Å². The first-order valence-electron chi connectivity index (χ1n) is 11.9. The maximum absolute atomic E-state index is 13.7. The van der Waals surface area contributed by atoms with Crippen LogP contribution in [0.2, 0.25) is 0 Å². The highest BCUT2D eigenvalue weighted by molar-refractivity contribution is 5.94. The third-order valence-electron chi connectivity index (χ3n) is 6.56. The maximum atomic E-state index is 13.7. The molecule has 32 heavy (non-hydrogen) atoms. The molecular formula is C25H35N3O4. The van der Waals surface area contributed by atoms with Crippen molar-refractivity contribution in [3.05, 3.63) is 46.8 Å². The van der Waals surface area contributed by atoms with Gasteiger partial charge in [0.2, 0.25) is 0 Å². The minimum atomic E-state index is -0.0615. The summed E-state index contributed by atoms with van der Waals surface area (Å²) in [6, 6.07) is 8.07. The van der Waals surface area contributed by atoms with Gasteiger partial charge >= 0.3 is 0 Å². The molecule has 0 aliphatic carbocycles. The lowest BCUT2D eigenvalue weighted by Crippen LogP contribution is -2.47. The monoisotopic (exact) mass is 441 g/mol. The first-order valence-corrected chi connectivity index (χ1v) is 11.9. The van der Waals surface area contributed by atoms with Crippen LogP contribution in [0.5, 0.6) is 5.75 Å². The molecule has 0 atom stereocenters. The number of aryl methyl sites for hydroxylation is 2. The summed E-state index contributed by atoms with van der Waals surface area (Å²) >= 11 is 0. The number of piperidine rings is 1. The van der Waals surface area contributed by atoms with E-state index in [0.717, 1.165) is 49.4 Å². The fraction of sp³-hybridized carbons (Fsp3) is 0.600. The summed E-state index contributed by atoms with van der Waals surface area (Å²) in [5.41, 5.74) is 2.23. The molecule has 0 saturated carbocycles. The van der Waals surface area contributed by atoms with Crippen molar-refractivity contribution in [1.82, 2.24) is 15.0 Å². The fourth-order valence-corrected chi connectivity index (χ4v) is 4.60. The number of carbonyl (C=O) groups is 1. The molecule has 2 saturated heterocycles. The predicted octanol–water partition coefficient (Wildman–Crippen LogP) is 3.98. The van der Waals surface area contributed by atoms with E-state index in [1.807, 2.05) is 43.0 Å². The molecule has 174 valence electrons. The van der Waals surface area contributed by atoms with Gasteiger partial charge in [0, 0.05) is 32.3 Å². The van der Waals surface area contributed by atoms with Crippen molar-refractivity contribution < 1.29 is 18.8 Å². The molecule has 7 heteroatoms. The van der Waals surface area contributed by atoms with E-state index in [-0.39, 0.29) is 18.6 Å². The molecule has 2 aliphatic rings. The lowest BCUT2D eigenvalue weighted by molar-refractivity contribution is 0.0252. The lowest BCUT2D eigenvalue weighted by atomic mass is 10.0. The standard InChI is InChI=1S/C25H35N3O4/c1-19-7-6-8-22(17-19)31-18-23-20(2)32-26-24(23)25(29)28(21-9-15-30-16-10-21)14-13-27-11-4-3-5-12-27/h6-8,17,21H,3-5,9-16,18H2,1-2H3. The van der Waals surface area contributed by atoms with Crippen molar-refractivity contribution in [3.63, 3.8) is 0 Å². The van der Waals surface area contributed by atoms with E-state index in [9.17, 15) is 4.79 Å². The van der Waals surface area contributed by atoms with E-state index in [0.29, 0.717) is 31.2 Å². The summed E-state index contributed by atoms with van der Waals surface area (Å²) in [4.78, 5) is 18.2. The molecule has 0 unspecified atom stereocenters. The number of nitrogens with zero attached hydrogens (tertiary/aromatic N) is 3. The van der Waals surface area contributed by atoms with Crippen molar-refractivity contribution in [3.8, 4) is 5.75 Å². The van der Waals surface area contributed by atoms with E-state index in [4.69, 9.17) is 14.0 Å². The highest BCUT2D eigenvalue weighted by Crippen LogP contribution is 2.23. The Hall–Kier alpha value is -2.38. The van der Waals surface area contributed by atoms with Gasteiger partial charge in [-0.25, -0.2) is 0 Å². The number of hydrogen-bond donors (Lipinski definition) is 0. The largest absolute Gasteiger partial charge is 0.489 e. The SMILES string of the molecule is Cc1cccc(OCc2c(C(=O)N(CCN3CCCCC3)C3CCOCC3)noc2C)c1. The second-order valence-corrected chi connectivity index (χ2v) is 8.92. The maximum Gasteiger partial charge on any atom is 0.276 e. The van der Waals surface area contributed by atoms with Crippen LogP contribution in [0.3, 0.4) is 0 Å². The molecular weight excluding hydrogens is 406 g/mol. The highest BCUT2D eigenvalue weighted by Gasteiger charge is 2.31. The summed E-state index contributed by atoms with van der Waals surface area (Å²) in [5.74, 6) is 1.34. The number of carbonyl (C=O) groups excluding carboxylic acids is 1. The van der Waals surface area contributed by atoms with E-state index in [2.05, 4.69) is 10.1 Å². The number of amides is 1. The van der Waals surface area contributed by atoms with Crippen LogP contribution in [0.4, 0.5) is 0 Å². The fourth-order valence-electron chi connectivity index (χ4n) is 4.60. The van der Waals surface area contributed by atoms with E-state index >= 15 is 0 Å². The van der Waals surface area contributed by atoms with Gasteiger partial charge in [-0.2, -0.15) is 0 Å². The van der Waals surface area contributed by atoms with Gasteiger partial charge in [-0.3, -0.25) is 4.79 Å². The van der Waals surface area contributed by atoms with Crippen LogP contribution in [-0.2, 0) is 11.3 Å². The summed E-state index contributed by atoms with van der Waals surface area (Å²) < 4.78 is 17.0. The minimum Gasteiger partial charge on any atom is -0.489 e. The van der Waals surface area contributed by atoms with Crippen molar-refractivity contribution in [2.24, 2.45) is 0 Å². The number of ether oxygens (including phenoxy) is 2. The molecule has 1 amide bonds. The molecule has 7 nitrogen and oxygen atoms in total. The average molecular weight is 442 g/mol. The van der Waals surface area contributed by atoms with Crippen LogP contribution >= 0.6 is 0 Å². The Morgan fingerprint density at radius 2 is 1.97 bits per heavy atom. The molecule has 0 spiro atoms. The van der Waals surface area contributed by atoms with Crippen molar-refractivity contribution in [2.75, 3.05) is 39.4 Å². The predicted molar refractivity (Wildman–Crippen MR) is 122 cm³/mol. The Morgan fingerprint density at radius 1 is 1.19 bits per heavy atom. The summed E-state index contributed by atoms with van der Waals surface area (Å²) in [6.45, 7) is 9.35. The molecule has 2 aromatic rings. The summed E-state index contributed by atoms with van der Waals surface area (Å²) in [6.07, 6.45) is 5.51. The van der Waals surface area contributed by atoms with Gasteiger partial charge in [-0.05, 0) is 70.3 Å². The van der Waals surface area contributed by atoms with Crippen LogP contribution in [0, 0.1) is 13.8 Å². The second kappa shape index (κ2) is 11.0. The zero-order valence-electron chi connectivity index (χ0n) is 19.3. The Bertz CT molecular complexity index is 885. The highest BCUT2D eigenvalue weighted by atomic mass is 16.5. The molecule has 2 fully saturated rings. The third-order valence-corrected chi connectivity index (χ3v) is 6.56. The number of likely N-dealkylation sites (tertiary alicyclic amines) is 1. The Balaban J connectivity index is 1.49. The smallest absolute Gasteiger partial charge is 0.276 e. The van der Waals surface area contributed by atoms with E-state index in [1.54, 1.807) is 0 Å². The summed E-state index contributed by atoms with van der Waals surface area (Å²) in [7, 11) is 0. The van der Waals surface area contributed by atoms with Crippen LogP contribution in [0.1, 0.15) is 59.5 Å². The molecule has 0 N–H and O–H groups in total. The van der Waals surface area contributed by atoms with Gasteiger partial charge in [0.15, 0.2) is 5.69 Å². The van der Waals surface area contributed by atoms with Crippen LogP contribution < -0.4 is 4.74 Å². The van der Waals surface area contributed by atoms with Gasteiger partial charge in [-0.15, -0.1) is 0 Å². The molecule has 4 rings (SSSR count). The molecule has 0 radical (unpaired) electrons. The number of rotatable bonds is 8. The molecule has 1 aromatic heterocycles. The van der Waals surface area contributed by atoms with Gasteiger partial charge in [0.1, 0.15) is 18.1 Å². The zero-order valence-corrected chi connectivity index (χ0v) is 19.3. The molecule has 3 heterocycles. The average Bonchev–Trinajstić information content (AvgIpc) is 3.19. The molecule has 2 aliphatic heterocycles. The first-order chi connectivity index (χ1) is 15.6. The van der Waals surface area contributed by atoms with Crippen molar-refractivity contribution in [1.29, 1.82) is 0 Å². The van der Waals surface area contributed by atoms with Gasteiger partial charge < -0.3 is 23.8 Å². The lowest BCUT2D eigenvalue weighted by Gasteiger charge is -2.36. The second-order valence-electron chi connectivity index (χ2n) is 8.92. The van der Waals surface area contributed by atoms with Gasteiger partial charge in [-0.1, -0.05) is 23.7 Å². The number of benzene rings is 1.